The lowest BCUT2D eigenvalue weighted by molar-refractivity contribution is 0.183. The topological polar surface area (TPSA) is 69.2 Å². The standard InChI is InChI=1S/C18H30N2O3SSi/c1-7-9-14-12-15(23-25(5,6)18(2,3)4)13-16(14)24(21,22)17-19-10-8-11-20-17/h7-8,10-11,14-16H,1,9,12-13H2,2-6H3/t14-,15-,16-/m1/s1. The molecule has 5 nitrogen and oxygen atoms in total. The lowest BCUT2D eigenvalue weighted by Gasteiger charge is -2.38. The third kappa shape index (κ3) is 4.38. The number of hydrogen-bond donors (Lipinski definition) is 0. The van der Waals surface area contributed by atoms with Gasteiger partial charge in [0.25, 0.3) is 0 Å². The van der Waals surface area contributed by atoms with Crippen molar-refractivity contribution >= 4 is 18.2 Å². The minimum absolute atomic E-state index is 0.000995. The van der Waals surface area contributed by atoms with Crippen LogP contribution in [-0.2, 0) is 14.3 Å². The van der Waals surface area contributed by atoms with Crippen LogP contribution in [0, 0.1) is 5.92 Å². The highest BCUT2D eigenvalue weighted by Crippen LogP contribution is 2.43. The molecule has 0 aliphatic heterocycles. The van der Waals surface area contributed by atoms with Crippen molar-refractivity contribution in [3.8, 4) is 0 Å². The zero-order valence-corrected chi connectivity index (χ0v) is 17.7. The summed E-state index contributed by atoms with van der Waals surface area (Å²) in [5.74, 6) is 0.000995. The normalized spacial score (nSPS) is 25.1. The van der Waals surface area contributed by atoms with Crippen LogP contribution in [-0.4, -0.2) is 38.1 Å². The van der Waals surface area contributed by atoms with Gasteiger partial charge in [-0.05, 0) is 49.4 Å². The predicted octanol–water partition coefficient (Wildman–Crippen LogP) is 4.00. The van der Waals surface area contributed by atoms with Crippen LogP contribution >= 0.6 is 0 Å². The average molecular weight is 383 g/mol. The molecule has 1 fully saturated rings. The summed E-state index contributed by atoms with van der Waals surface area (Å²) < 4.78 is 32.5. The highest BCUT2D eigenvalue weighted by atomic mass is 32.2. The molecule has 2 rings (SSSR count). The molecule has 3 atom stereocenters. The van der Waals surface area contributed by atoms with Gasteiger partial charge in [0.2, 0.25) is 15.0 Å². The Labute approximate surface area is 153 Å². The molecular weight excluding hydrogens is 352 g/mol. The van der Waals surface area contributed by atoms with Gasteiger partial charge < -0.3 is 4.43 Å². The molecule has 0 bridgehead atoms. The maximum Gasteiger partial charge on any atom is 0.247 e. The van der Waals surface area contributed by atoms with Gasteiger partial charge in [0.1, 0.15) is 0 Å². The maximum absolute atomic E-state index is 13.0. The molecule has 0 radical (unpaired) electrons. The Balaban J connectivity index is 2.25. The molecular formula is C18H30N2O3SSi. The third-order valence-corrected chi connectivity index (χ3v) is 12.1. The highest BCUT2D eigenvalue weighted by molar-refractivity contribution is 7.91. The van der Waals surface area contributed by atoms with Gasteiger partial charge in [-0.2, -0.15) is 0 Å². The molecule has 140 valence electrons. The van der Waals surface area contributed by atoms with Gasteiger partial charge in [0.15, 0.2) is 8.32 Å². The fraction of sp³-hybridized carbons (Fsp3) is 0.667. The second-order valence-corrected chi connectivity index (χ2v) is 15.2. The van der Waals surface area contributed by atoms with Crippen molar-refractivity contribution in [1.82, 2.24) is 9.97 Å². The summed E-state index contributed by atoms with van der Waals surface area (Å²) in [4.78, 5) is 7.94. The van der Waals surface area contributed by atoms with Crippen LogP contribution in [0.15, 0.2) is 36.3 Å². The van der Waals surface area contributed by atoms with Crippen LogP contribution in [0.3, 0.4) is 0 Å². The molecule has 0 unspecified atom stereocenters. The number of allylic oxidation sites excluding steroid dienone is 1. The Morgan fingerprint density at radius 2 is 1.88 bits per heavy atom. The molecule has 1 aromatic rings. The minimum atomic E-state index is -3.57. The van der Waals surface area contributed by atoms with Crippen LogP contribution < -0.4 is 0 Å². The molecule has 1 aromatic heterocycles. The summed E-state index contributed by atoms with van der Waals surface area (Å²) in [6.07, 6.45) is 6.62. The Kier molecular flexibility index (Phi) is 5.91. The molecule has 1 aliphatic rings. The largest absolute Gasteiger partial charge is 0.414 e. The van der Waals surface area contributed by atoms with Gasteiger partial charge in [-0.1, -0.05) is 26.8 Å². The number of sulfone groups is 1. The second-order valence-electron chi connectivity index (χ2n) is 8.37. The summed E-state index contributed by atoms with van der Waals surface area (Å²) in [6.45, 7) is 14.8. The lowest BCUT2D eigenvalue weighted by Crippen LogP contribution is -2.43. The zero-order valence-electron chi connectivity index (χ0n) is 15.9. The van der Waals surface area contributed by atoms with E-state index in [2.05, 4.69) is 50.4 Å². The van der Waals surface area contributed by atoms with Crippen molar-refractivity contribution in [1.29, 1.82) is 0 Å². The fourth-order valence-electron chi connectivity index (χ4n) is 3.14. The van der Waals surface area contributed by atoms with E-state index in [0.29, 0.717) is 12.8 Å². The lowest BCUT2D eigenvalue weighted by atomic mass is 10.0. The van der Waals surface area contributed by atoms with Crippen molar-refractivity contribution in [2.24, 2.45) is 5.92 Å². The molecule has 0 aromatic carbocycles. The van der Waals surface area contributed by atoms with E-state index in [1.54, 1.807) is 12.1 Å². The Bertz CT molecular complexity index is 699. The smallest absolute Gasteiger partial charge is 0.247 e. The predicted molar refractivity (Wildman–Crippen MR) is 103 cm³/mol. The minimum Gasteiger partial charge on any atom is -0.414 e. The number of nitrogens with zero attached hydrogens (tertiary/aromatic N) is 2. The van der Waals surface area contributed by atoms with Crippen molar-refractivity contribution in [2.75, 3.05) is 0 Å². The van der Waals surface area contributed by atoms with E-state index < -0.39 is 23.4 Å². The quantitative estimate of drug-likeness (QED) is 0.422. The molecule has 25 heavy (non-hydrogen) atoms. The van der Waals surface area contributed by atoms with Crippen LogP contribution in [0.2, 0.25) is 18.1 Å². The Hall–Kier alpha value is -1.05. The first-order chi connectivity index (χ1) is 11.5. The summed E-state index contributed by atoms with van der Waals surface area (Å²) in [5.41, 5.74) is 0. The number of rotatable bonds is 6. The van der Waals surface area contributed by atoms with E-state index in [1.807, 2.05) is 0 Å². The van der Waals surface area contributed by atoms with Crippen molar-refractivity contribution in [2.45, 2.75) is 74.7 Å². The van der Waals surface area contributed by atoms with Crippen molar-refractivity contribution in [3.63, 3.8) is 0 Å². The van der Waals surface area contributed by atoms with E-state index in [0.717, 1.165) is 6.42 Å². The Morgan fingerprint density at radius 3 is 2.40 bits per heavy atom. The highest BCUT2D eigenvalue weighted by Gasteiger charge is 2.47. The van der Waals surface area contributed by atoms with Crippen LogP contribution in [0.5, 0.6) is 0 Å². The third-order valence-electron chi connectivity index (χ3n) is 5.52. The van der Waals surface area contributed by atoms with Gasteiger partial charge in [0, 0.05) is 18.5 Å². The molecule has 0 saturated heterocycles. The molecule has 0 spiro atoms. The van der Waals surface area contributed by atoms with E-state index in [-0.39, 0.29) is 22.2 Å². The van der Waals surface area contributed by atoms with Gasteiger partial charge in [-0.3, -0.25) is 0 Å². The van der Waals surface area contributed by atoms with Crippen molar-refractivity contribution < 1.29 is 12.8 Å². The van der Waals surface area contributed by atoms with Crippen LogP contribution in [0.25, 0.3) is 0 Å². The summed E-state index contributed by atoms with van der Waals surface area (Å²) in [5, 5.41) is -0.495. The summed E-state index contributed by atoms with van der Waals surface area (Å²) in [7, 11) is -5.51. The van der Waals surface area contributed by atoms with E-state index in [1.165, 1.54) is 12.4 Å². The molecule has 1 aliphatic carbocycles. The van der Waals surface area contributed by atoms with Gasteiger partial charge in [0.05, 0.1) is 5.25 Å². The zero-order chi connectivity index (χ0) is 18.9. The molecule has 0 N–H and O–H groups in total. The van der Waals surface area contributed by atoms with Gasteiger partial charge in [-0.15, -0.1) is 6.58 Å². The van der Waals surface area contributed by atoms with Crippen LogP contribution in [0.4, 0.5) is 0 Å². The van der Waals surface area contributed by atoms with Crippen LogP contribution in [0.1, 0.15) is 40.0 Å². The Morgan fingerprint density at radius 1 is 1.28 bits per heavy atom. The maximum atomic E-state index is 13.0. The van der Waals surface area contributed by atoms with Gasteiger partial charge in [-0.25, -0.2) is 18.4 Å². The SMILES string of the molecule is C=CC[C@@H]1C[C@@H](O[Si](C)(C)C(C)(C)C)C[C@H]1S(=O)(=O)c1ncccn1. The summed E-state index contributed by atoms with van der Waals surface area (Å²) in [6, 6.07) is 1.62. The molecule has 0 amide bonds. The second kappa shape index (κ2) is 7.29. The molecule has 1 saturated carbocycles. The van der Waals surface area contributed by atoms with E-state index in [4.69, 9.17) is 4.43 Å². The number of hydrogen-bond acceptors (Lipinski definition) is 5. The molecule has 1 heterocycles. The average Bonchev–Trinajstić information content (AvgIpc) is 2.90. The first kappa shape index (κ1) is 20.3. The summed E-state index contributed by atoms with van der Waals surface area (Å²) >= 11 is 0. The number of aromatic nitrogens is 2. The molecule has 7 heteroatoms. The van der Waals surface area contributed by atoms with E-state index >= 15 is 0 Å². The fourth-order valence-corrected chi connectivity index (χ4v) is 6.40. The van der Waals surface area contributed by atoms with Crippen molar-refractivity contribution in [3.05, 3.63) is 31.1 Å². The monoisotopic (exact) mass is 382 g/mol. The first-order valence-electron chi connectivity index (χ1n) is 8.78. The first-order valence-corrected chi connectivity index (χ1v) is 13.2. The van der Waals surface area contributed by atoms with Gasteiger partial charge >= 0.3 is 0 Å². The van der Waals surface area contributed by atoms with E-state index in [9.17, 15) is 8.42 Å².